The second-order valence-corrected chi connectivity index (χ2v) is 6.24. The molecule has 1 saturated heterocycles. The molecule has 1 atom stereocenters. The minimum atomic E-state index is -0.352. The van der Waals surface area contributed by atoms with Crippen LogP contribution < -0.4 is 5.73 Å². The summed E-state index contributed by atoms with van der Waals surface area (Å²) in [4.78, 5) is 27.3. The summed E-state index contributed by atoms with van der Waals surface area (Å²) in [5, 5.41) is 0. The number of carbonyl (C=O) groups excluding carboxylic acids is 2. The lowest BCUT2D eigenvalue weighted by Crippen LogP contribution is -2.50. The van der Waals surface area contributed by atoms with Crippen molar-refractivity contribution >= 4 is 11.8 Å². The lowest BCUT2D eigenvalue weighted by atomic mass is 10.1. The Bertz CT molecular complexity index is 436. The quantitative estimate of drug-likeness (QED) is 0.803. The maximum atomic E-state index is 12.6. The van der Waals surface area contributed by atoms with E-state index in [2.05, 4.69) is 6.08 Å². The van der Waals surface area contributed by atoms with Crippen molar-refractivity contribution in [1.82, 2.24) is 9.80 Å². The van der Waals surface area contributed by atoms with Gasteiger partial charge < -0.3 is 15.4 Å². The SMILES string of the molecule is CN(CC(N)=O)CC1CN(C(=O)C2=CCCCCC2)CCO1. The van der Waals surface area contributed by atoms with Crippen LogP contribution in [0.4, 0.5) is 0 Å². The van der Waals surface area contributed by atoms with Crippen molar-refractivity contribution < 1.29 is 14.3 Å². The van der Waals surface area contributed by atoms with Crippen molar-refractivity contribution in [2.75, 3.05) is 39.8 Å². The molecular weight excluding hydrogens is 282 g/mol. The van der Waals surface area contributed by atoms with E-state index in [1.54, 1.807) is 0 Å². The molecule has 0 bridgehead atoms. The standard InChI is InChI=1S/C16H27N3O3/c1-18(12-15(17)20)10-14-11-19(8-9-22-14)16(21)13-6-4-2-3-5-7-13/h6,14H,2-5,7-12H2,1H3,(H2,17,20). The van der Waals surface area contributed by atoms with Crippen molar-refractivity contribution in [2.45, 2.75) is 38.2 Å². The fourth-order valence-corrected chi connectivity index (χ4v) is 3.10. The van der Waals surface area contributed by atoms with Crippen LogP contribution in [0, 0.1) is 0 Å². The summed E-state index contributed by atoms with van der Waals surface area (Å²) in [5.74, 6) is -0.192. The van der Waals surface area contributed by atoms with Crippen LogP contribution in [0.1, 0.15) is 32.1 Å². The van der Waals surface area contributed by atoms with Crippen molar-refractivity contribution in [2.24, 2.45) is 5.73 Å². The second-order valence-electron chi connectivity index (χ2n) is 6.24. The van der Waals surface area contributed by atoms with Gasteiger partial charge in [-0.3, -0.25) is 14.5 Å². The normalized spacial score (nSPS) is 23.1. The molecule has 1 aliphatic carbocycles. The number of primary amides is 1. The van der Waals surface area contributed by atoms with E-state index in [0.29, 0.717) is 26.2 Å². The molecule has 6 nitrogen and oxygen atoms in total. The Morgan fingerprint density at radius 3 is 3.00 bits per heavy atom. The van der Waals surface area contributed by atoms with E-state index in [0.717, 1.165) is 24.8 Å². The zero-order chi connectivity index (χ0) is 15.9. The molecule has 0 spiro atoms. The molecule has 0 saturated carbocycles. The molecule has 124 valence electrons. The molecule has 2 N–H and O–H groups in total. The summed E-state index contributed by atoms with van der Waals surface area (Å²) >= 11 is 0. The van der Waals surface area contributed by atoms with Crippen molar-refractivity contribution in [3.8, 4) is 0 Å². The summed E-state index contributed by atoms with van der Waals surface area (Å²) in [6, 6.07) is 0. The number of nitrogens with zero attached hydrogens (tertiary/aromatic N) is 2. The first-order valence-electron chi connectivity index (χ1n) is 8.13. The number of allylic oxidation sites excluding steroid dienone is 1. The molecule has 1 aliphatic heterocycles. The van der Waals surface area contributed by atoms with E-state index >= 15 is 0 Å². The highest BCUT2D eigenvalue weighted by molar-refractivity contribution is 5.93. The molecule has 2 amide bonds. The van der Waals surface area contributed by atoms with E-state index in [1.807, 2.05) is 16.8 Å². The Kier molecular flexibility index (Phi) is 6.39. The van der Waals surface area contributed by atoms with Crippen molar-refractivity contribution in [1.29, 1.82) is 0 Å². The van der Waals surface area contributed by atoms with Gasteiger partial charge in [0.15, 0.2) is 0 Å². The summed E-state index contributed by atoms with van der Waals surface area (Å²) in [6.45, 7) is 2.59. The van der Waals surface area contributed by atoms with Gasteiger partial charge in [0, 0.05) is 25.2 Å². The van der Waals surface area contributed by atoms with Crippen LogP contribution in [-0.4, -0.2) is 67.6 Å². The lowest BCUT2D eigenvalue weighted by molar-refractivity contribution is -0.136. The van der Waals surface area contributed by atoms with E-state index in [-0.39, 0.29) is 24.5 Å². The van der Waals surface area contributed by atoms with Gasteiger partial charge in [-0.2, -0.15) is 0 Å². The predicted molar refractivity (Wildman–Crippen MR) is 84.2 cm³/mol. The topological polar surface area (TPSA) is 75.9 Å². The summed E-state index contributed by atoms with van der Waals surface area (Å²) in [6.07, 6.45) is 7.44. The largest absolute Gasteiger partial charge is 0.373 e. The number of hydrogen-bond donors (Lipinski definition) is 1. The Labute approximate surface area is 132 Å². The fraction of sp³-hybridized carbons (Fsp3) is 0.750. The first-order valence-corrected chi connectivity index (χ1v) is 8.13. The van der Waals surface area contributed by atoms with Gasteiger partial charge in [0.05, 0.1) is 19.3 Å². The van der Waals surface area contributed by atoms with Gasteiger partial charge in [0.2, 0.25) is 11.8 Å². The number of amides is 2. The molecule has 2 rings (SSSR count). The van der Waals surface area contributed by atoms with Crippen molar-refractivity contribution in [3.63, 3.8) is 0 Å². The van der Waals surface area contributed by atoms with Crippen LogP contribution in [0.3, 0.4) is 0 Å². The zero-order valence-corrected chi connectivity index (χ0v) is 13.4. The third-order valence-electron chi connectivity index (χ3n) is 4.18. The molecule has 1 fully saturated rings. The smallest absolute Gasteiger partial charge is 0.249 e. The molecule has 1 heterocycles. The number of carbonyl (C=O) groups is 2. The molecule has 6 heteroatoms. The average molecular weight is 309 g/mol. The Balaban J connectivity index is 1.88. The Morgan fingerprint density at radius 1 is 1.41 bits per heavy atom. The number of ether oxygens (including phenoxy) is 1. The average Bonchev–Trinajstić information content (AvgIpc) is 2.75. The van der Waals surface area contributed by atoms with Crippen LogP contribution in [0.5, 0.6) is 0 Å². The Morgan fingerprint density at radius 2 is 2.23 bits per heavy atom. The number of hydrogen-bond acceptors (Lipinski definition) is 4. The number of morpholine rings is 1. The highest BCUT2D eigenvalue weighted by Crippen LogP contribution is 2.20. The number of rotatable bonds is 5. The van der Waals surface area contributed by atoms with E-state index < -0.39 is 0 Å². The minimum Gasteiger partial charge on any atom is -0.373 e. The first-order chi connectivity index (χ1) is 10.6. The summed E-state index contributed by atoms with van der Waals surface area (Å²) < 4.78 is 5.72. The first kappa shape index (κ1) is 17.0. The minimum absolute atomic E-state index is 0.0616. The zero-order valence-electron chi connectivity index (χ0n) is 13.4. The Hall–Kier alpha value is -1.40. The highest BCUT2D eigenvalue weighted by atomic mass is 16.5. The lowest BCUT2D eigenvalue weighted by Gasteiger charge is -2.35. The highest BCUT2D eigenvalue weighted by Gasteiger charge is 2.27. The summed E-state index contributed by atoms with van der Waals surface area (Å²) in [7, 11) is 1.84. The van der Waals surface area contributed by atoms with Gasteiger partial charge in [-0.05, 0) is 32.7 Å². The number of nitrogens with two attached hydrogens (primary N) is 1. The van der Waals surface area contributed by atoms with Crippen LogP contribution in [0.15, 0.2) is 11.6 Å². The second kappa shape index (κ2) is 8.29. The number of likely N-dealkylation sites (N-methyl/N-ethyl adjacent to an activating group) is 1. The van der Waals surface area contributed by atoms with Gasteiger partial charge in [0.25, 0.3) is 0 Å². The third kappa shape index (κ3) is 5.10. The van der Waals surface area contributed by atoms with Gasteiger partial charge in [-0.1, -0.05) is 12.5 Å². The molecule has 2 aliphatic rings. The van der Waals surface area contributed by atoms with E-state index in [1.165, 1.54) is 12.8 Å². The maximum Gasteiger partial charge on any atom is 0.249 e. The monoisotopic (exact) mass is 309 g/mol. The maximum absolute atomic E-state index is 12.6. The van der Waals surface area contributed by atoms with Crippen LogP contribution in [-0.2, 0) is 14.3 Å². The third-order valence-corrected chi connectivity index (χ3v) is 4.18. The molecule has 0 aromatic carbocycles. The van der Waals surface area contributed by atoms with Crippen molar-refractivity contribution in [3.05, 3.63) is 11.6 Å². The molecule has 0 radical (unpaired) electrons. The molecular formula is C16H27N3O3. The fourth-order valence-electron chi connectivity index (χ4n) is 3.10. The van der Waals surface area contributed by atoms with Crippen LogP contribution in [0.25, 0.3) is 0 Å². The van der Waals surface area contributed by atoms with Gasteiger partial charge in [0.1, 0.15) is 0 Å². The van der Waals surface area contributed by atoms with Gasteiger partial charge in [-0.25, -0.2) is 0 Å². The van der Waals surface area contributed by atoms with Crippen LogP contribution >= 0.6 is 0 Å². The molecule has 0 aromatic rings. The molecule has 1 unspecified atom stereocenters. The van der Waals surface area contributed by atoms with E-state index in [4.69, 9.17) is 10.5 Å². The molecule has 22 heavy (non-hydrogen) atoms. The summed E-state index contributed by atoms with van der Waals surface area (Å²) in [5.41, 5.74) is 6.15. The molecule has 0 aromatic heterocycles. The van der Waals surface area contributed by atoms with Crippen LogP contribution in [0.2, 0.25) is 0 Å². The van der Waals surface area contributed by atoms with Gasteiger partial charge >= 0.3 is 0 Å². The predicted octanol–water partition coefficient (Wildman–Crippen LogP) is 0.521. The van der Waals surface area contributed by atoms with E-state index in [9.17, 15) is 9.59 Å². The van der Waals surface area contributed by atoms with Gasteiger partial charge in [-0.15, -0.1) is 0 Å².